The predicted molar refractivity (Wildman–Crippen MR) is 107 cm³/mol. The molecule has 4 aliphatic rings. The first-order chi connectivity index (χ1) is 12.7. The van der Waals surface area contributed by atoms with Gasteiger partial charge in [0.1, 0.15) is 0 Å². The van der Waals surface area contributed by atoms with Gasteiger partial charge >= 0.3 is 5.97 Å². The number of nitrogens with one attached hydrogen (secondary N) is 1. The van der Waals surface area contributed by atoms with E-state index in [-0.39, 0.29) is 21.1 Å². The summed E-state index contributed by atoms with van der Waals surface area (Å²) in [6.07, 6.45) is 6.48. The van der Waals surface area contributed by atoms with E-state index in [0.717, 1.165) is 32.1 Å². The van der Waals surface area contributed by atoms with Gasteiger partial charge in [0.05, 0.1) is 15.5 Å². The second kappa shape index (κ2) is 6.89. The number of carbonyl (C=O) groups is 2. The molecule has 4 aliphatic carbocycles. The summed E-state index contributed by atoms with van der Waals surface area (Å²) >= 11 is 15.7. The maximum atomic E-state index is 13.0. The van der Waals surface area contributed by atoms with Crippen molar-refractivity contribution in [1.29, 1.82) is 0 Å². The van der Waals surface area contributed by atoms with Crippen molar-refractivity contribution >= 4 is 56.8 Å². The summed E-state index contributed by atoms with van der Waals surface area (Å²) in [6, 6.07) is 1.49. The molecule has 4 bridgehead atoms. The van der Waals surface area contributed by atoms with Crippen LogP contribution in [0.1, 0.15) is 45.4 Å². The minimum Gasteiger partial charge on any atom is -0.452 e. The molecule has 0 spiro atoms. The first-order valence-electron chi connectivity index (χ1n) is 9.20. The first kappa shape index (κ1) is 19.5. The van der Waals surface area contributed by atoms with Crippen LogP contribution >= 0.6 is 39.1 Å². The van der Waals surface area contributed by atoms with Crippen molar-refractivity contribution in [3.8, 4) is 0 Å². The number of amides is 1. The highest BCUT2D eigenvalue weighted by Gasteiger charge is 2.60. The Bertz CT molecular complexity index is 789. The van der Waals surface area contributed by atoms with Crippen LogP contribution in [0, 0.1) is 17.3 Å². The molecule has 146 valence electrons. The normalized spacial score (nSPS) is 35.0. The molecule has 0 unspecified atom stereocenters. The highest BCUT2D eigenvalue weighted by Crippen LogP contribution is 2.64. The maximum absolute atomic E-state index is 13.0. The van der Waals surface area contributed by atoms with E-state index in [0.29, 0.717) is 16.9 Å². The van der Waals surface area contributed by atoms with Crippen LogP contribution in [0.3, 0.4) is 0 Å². The first-order valence-corrected chi connectivity index (χ1v) is 10.7. The van der Waals surface area contributed by atoms with E-state index >= 15 is 0 Å². The van der Waals surface area contributed by atoms with Crippen molar-refractivity contribution in [3.05, 3.63) is 22.3 Å². The smallest absolute Gasteiger partial charge is 0.312 e. The number of pyridine rings is 1. The van der Waals surface area contributed by atoms with Gasteiger partial charge in [0.25, 0.3) is 5.91 Å². The number of esters is 1. The van der Waals surface area contributed by atoms with Gasteiger partial charge in [-0.15, -0.1) is 0 Å². The SMILES string of the molecule is C[C@@H](OC(=O)C12C[C@@H]3C[C@H](CC(Br)(C3)C1)C2)C(=O)Nc1ncc(Cl)cc1Cl. The summed E-state index contributed by atoms with van der Waals surface area (Å²) in [5.41, 5.74) is -0.460. The number of hydrogen-bond acceptors (Lipinski definition) is 4. The molecule has 0 aromatic carbocycles. The molecule has 0 radical (unpaired) electrons. The molecule has 3 atom stereocenters. The van der Waals surface area contributed by atoms with Crippen molar-refractivity contribution in [3.63, 3.8) is 0 Å². The largest absolute Gasteiger partial charge is 0.452 e. The minimum atomic E-state index is -0.926. The number of hydrogen-bond donors (Lipinski definition) is 1. The molecule has 1 heterocycles. The van der Waals surface area contributed by atoms with Crippen LogP contribution in [-0.4, -0.2) is 27.3 Å². The van der Waals surface area contributed by atoms with E-state index in [1.165, 1.54) is 18.7 Å². The summed E-state index contributed by atoms with van der Waals surface area (Å²) in [4.78, 5) is 29.5. The number of alkyl halides is 1. The fourth-order valence-electron chi connectivity index (χ4n) is 5.45. The van der Waals surface area contributed by atoms with Crippen LogP contribution in [0.5, 0.6) is 0 Å². The van der Waals surface area contributed by atoms with Gasteiger partial charge in [0.15, 0.2) is 11.9 Å². The number of carbonyl (C=O) groups excluding carboxylic acids is 2. The Hall–Kier alpha value is -0.850. The van der Waals surface area contributed by atoms with E-state index in [1.807, 2.05) is 0 Å². The zero-order chi connectivity index (χ0) is 19.4. The number of ether oxygens (including phenoxy) is 1. The van der Waals surface area contributed by atoms with Gasteiger partial charge in [-0.25, -0.2) is 4.98 Å². The molecule has 5 nitrogen and oxygen atoms in total. The molecular formula is C19H21BrCl2N2O3. The third-order valence-electron chi connectivity index (χ3n) is 6.13. The van der Waals surface area contributed by atoms with E-state index < -0.39 is 17.4 Å². The Morgan fingerprint density at radius 1 is 1.30 bits per heavy atom. The summed E-state index contributed by atoms with van der Waals surface area (Å²) < 4.78 is 5.67. The molecule has 1 aromatic rings. The fourth-order valence-corrected chi connectivity index (χ4v) is 7.33. The van der Waals surface area contributed by atoms with Crippen LogP contribution < -0.4 is 5.32 Å². The van der Waals surface area contributed by atoms with Crippen molar-refractivity contribution in [2.24, 2.45) is 17.3 Å². The van der Waals surface area contributed by atoms with Gasteiger partial charge in [-0.3, -0.25) is 9.59 Å². The average molecular weight is 476 g/mol. The van der Waals surface area contributed by atoms with Gasteiger partial charge < -0.3 is 10.1 Å². The number of rotatable bonds is 4. The van der Waals surface area contributed by atoms with Crippen LogP contribution in [0.4, 0.5) is 5.82 Å². The summed E-state index contributed by atoms with van der Waals surface area (Å²) in [6.45, 7) is 1.57. The average Bonchev–Trinajstić information content (AvgIpc) is 2.55. The Morgan fingerprint density at radius 3 is 2.56 bits per heavy atom. The predicted octanol–water partition coefficient (Wildman–Crippen LogP) is 4.99. The van der Waals surface area contributed by atoms with Gasteiger partial charge in [0, 0.05) is 10.5 Å². The van der Waals surface area contributed by atoms with Gasteiger partial charge in [-0.2, -0.15) is 0 Å². The lowest BCUT2D eigenvalue weighted by atomic mass is 9.49. The van der Waals surface area contributed by atoms with Crippen molar-refractivity contribution in [2.45, 2.75) is 55.9 Å². The van der Waals surface area contributed by atoms with Gasteiger partial charge in [-0.05, 0) is 63.4 Å². The molecule has 1 aromatic heterocycles. The molecule has 27 heavy (non-hydrogen) atoms. The molecule has 8 heteroatoms. The van der Waals surface area contributed by atoms with Crippen LogP contribution in [0.2, 0.25) is 10.0 Å². The summed E-state index contributed by atoms with van der Waals surface area (Å²) in [7, 11) is 0. The molecule has 1 N–H and O–H groups in total. The van der Waals surface area contributed by atoms with E-state index in [9.17, 15) is 9.59 Å². The number of aromatic nitrogens is 1. The number of nitrogens with zero attached hydrogens (tertiary/aromatic N) is 1. The summed E-state index contributed by atoms with van der Waals surface area (Å²) in [5, 5.41) is 3.21. The molecular weight excluding hydrogens is 455 g/mol. The number of halogens is 3. The number of anilines is 1. The zero-order valence-electron chi connectivity index (χ0n) is 14.9. The van der Waals surface area contributed by atoms with E-state index in [1.54, 1.807) is 6.92 Å². The third kappa shape index (κ3) is 3.73. The van der Waals surface area contributed by atoms with E-state index in [4.69, 9.17) is 27.9 Å². The fraction of sp³-hybridized carbons (Fsp3) is 0.632. The molecule has 4 fully saturated rings. The van der Waals surface area contributed by atoms with E-state index in [2.05, 4.69) is 26.2 Å². The van der Waals surface area contributed by atoms with Crippen LogP contribution in [-0.2, 0) is 14.3 Å². The van der Waals surface area contributed by atoms with Crippen LogP contribution in [0.15, 0.2) is 12.3 Å². The molecule has 5 rings (SSSR count). The topological polar surface area (TPSA) is 68.3 Å². The molecule has 4 saturated carbocycles. The zero-order valence-corrected chi connectivity index (χ0v) is 18.0. The van der Waals surface area contributed by atoms with Crippen LogP contribution in [0.25, 0.3) is 0 Å². The second-order valence-corrected chi connectivity index (χ2v) is 10.9. The Kier molecular flexibility index (Phi) is 4.97. The van der Waals surface area contributed by atoms with Crippen molar-refractivity contribution in [2.75, 3.05) is 5.32 Å². The standard InChI is InChI=1S/C19H21BrCl2N2O3/c1-10(16(25)24-15-14(22)3-13(21)8-23-15)27-17(26)18-4-11-2-12(5-18)7-19(20,6-11)9-18/h3,8,10-12H,2,4-7,9H2,1H3,(H,23,24,25)/t10-,11+,12+,18?,19?/m1/s1. The van der Waals surface area contributed by atoms with Gasteiger partial charge in [0.2, 0.25) is 0 Å². The summed E-state index contributed by atoms with van der Waals surface area (Å²) in [5.74, 6) is 0.624. The maximum Gasteiger partial charge on any atom is 0.312 e. The Balaban J connectivity index is 1.42. The van der Waals surface area contributed by atoms with Crippen molar-refractivity contribution < 1.29 is 14.3 Å². The highest BCUT2D eigenvalue weighted by molar-refractivity contribution is 9.10. The lowest BCUT2D eigenvalue weighted by Gasteiger charge is -2.58. The molecule has 0 saturated heterocycles. The second-order valence-electron chi connectivity index (χ2n) is 8.41. The monoisotopic (exact) mass is 474 g/mol. The quantitative estimate of drug-likeness (QED) is 0.491. The Labute approximate surface area is 176 Å². The minimum absolute atomic E-state index is 0.0579. The molecule has 1 amide bonds. The Morgan fingerprint density at radius 2 is 1.96 bits per heavy atom. The molecule has 0 aliphatic heterocycles. The third-order valence-corrected chi connectivity index (χ3v) is 7.55. The lowest BCUT2D eigenvalue weighted by molar-refractivity contribution is -0.175. The van der Waals surface area contributed by atoms with Crippen molar-refractivity contribution in [1.82, 2.24) is 4.98 Å². The van der Waals surface area contributed by atoms with Gasteiger partial charge in [-0.1, -0.05) is 39.1 Å². The lowest BCUT2D eigenvalue weighted by Crippen LogP contribution is -2.56. The highest BCUT2D eigenvalue weighted by atomic mass is 79.9.